The molecule has 1 amide bonds. The van der Waals surface area contributed by atoms with E-state index in [0.717, 1.165) is 20.0 Å². The topological polar surface area (TPSA) is 148 Å². The number of hydrogen-bond acceptors (Lipinski definition) is 8. The first-order valence-electron chi connectivity index (χ1n) is 8.28. The highest BCUT2D eigenvalue weighted by molar-refractivity contribution is 7.99. The number of carbonyl (C=O) groups is 3. The third-order valence-electron chi connectivity index (χ3n) is 3.95. The van der Waals surface area contributed by atoms with Gasteiger partial charge in [0.25, 0.3) is 5.78 Å². The molecule has 0 saturated heterocycles. The van der Waals surface area contributed by atoms with Gasteiger partial charge < -0.3 is 21.1 Å². The van der Waals surface area contributed by atoms with Gasteiger partial charge in [0, 0.05) is 24.2 Å². The number of aliphatic carboxylic acids is 1. The summed E-state index contributed by atoms with van der Waals surface area (Å²) in [6.07, 6.45) is 1.51. The van der Waals surface area contributed by atoms with Crippen LogP contribution in [0.1, 0.15) is 0 Å². The van der Waals surface area contributed by atoms with Crippen molar-refractivity contribution in [1.29, 1.82) is 0 Å². The van der Waals surface area contributed by atoms with E-state index in [4.69, 9.17) is 10.8 Å². The molecule has 0 saturated carbocycles. The van der Waals surface area contributed by atoms with Crippen LogP contribution in [0.2, 0.25) is 0 Å². The predicted octanol–water partition coefficient (Wildman–Crippen LogP) is -0.108. The summed E-state index contributed by atoms with van der Waals surface area (Å²) in [4.78, 5) is 53.6. The Hall–Kier alpha value is -3.18. The van der Waals surface area contributed by atoms with Crippen molar-refractivity contribution in [2.24, 2.45) is 5.73 Å². The van der Waals surface area contributed by atoms with Crippen LogP contribution in [0.4, 0.5) is 11.5 Å². The predicted molar refractivity (Wildman–Crippen MR) is 101 cm³/mol. The Morgan fingerprint density at radius 1 is 1.25 bits per heavy atom. The molecule has 11 heteroatoms. The van der Waals surface area contributed by atoms with Gasteiger partial charge >= 0.3 is 11.7 Å². The van der Waals surface area contributed by atoms with Gasteiger partial charge in [-0.1, -0.05) is 23.9 Å². The zero-order valence-corrected chi connectivity index (χ0v) is 15.4. The number of carbonyl (C=O) groups excluding carboxylic acids is 2. The second-order valence-corrected chi connectivity index (χ2v) is 7.00. The van der Waals surface area contributed by atoms with E-state index < -0.39 is 29.9 Å². The number of nitrogens with zero attached hydrogens (tertiary/aromatic N) is 3. The first-order chi connectivity index (χ1) is 13.4. The number of fused-ring (bicyclic) bond motifs is 2. The minimum absolute atomic E-state index is 0.00530. The highest BCUT2D eigenvalue weighted by atomic mass is 32.2. The molecule has 0 aliphatic carbocycles. The molecule has 4 N–H and O–H groups in total. The Morgan fingerprint density at radius 2 is 2.00 bits per heavy atom. The molecule has 1 aliphatic heterocycles. The number of para-hydroxylation sites is 1. The summed E-state index contributed by atoms with van der Waals surface area (Å²) in [6.45, 7) is -0.947. The molecule has 0 spiro atoms. The molecule has 146 valence electrons. The van der Waals surface area contributed by atoms with Crippen LogP contribution in [0.3, 0.4) is 0 Å². The Labute approximate surface area is 163 Å². The van der Waals surface area contributed by atoms with Gasteiger partial charge in [-0.05, 0) is 12.1 Å². The number of hydrogen-bond donors (Lipinski definition) is 3. The number of anilines is 2. The van der Waals surface area contributed by atoms with Crippen LogP contribution in [-0.2, 0) is 20.9 Å². The summed E-state index contributed by atoms with van der Waals surface area (Å²) in [6, 6.07) is 7.53. The summed E-state index contributed by atoms with van der Waals surface area (Å²) < 4.78 is 1.12. The van der Waals surface area contributed by atoms with E-state index >= 15 is 0 Å². The van der Waals surface area contributed by atoms with E-state index in [0.29, 0.717) is 10.7 Å². The number of nitrogens with one attached hydrogen (secondary N) is 1. The van der Waals surface area contributed by atoms with Gasteiger partial charge in [-0.3, -0.25) is 14.2 Å². The molecule has 28 heavy (non-hydrogen) atoms. The number of Topliss-reactive ketones (excluding diaryl/α,β-unsaturated/α-hetero) is 1. The molecular weight excluding hydrogens is 386 g/mol. The summed E-state index contributed by atoms with van der Waals surface area (Å²) in [7, 11) is 0. The van der Waals surface area contributed by atoms with E-state index in [9.17, 15) is 19.2 Å². The molecule has 0 radical (unpaired) electrons. The number of benzene rings is 1. The lowest BCUT2D eigenvalue weighted by Gasteiger charge is -2.22. The van der Waals surface area contributed by atoms with Gasteiger partial charge in [0.2, 0.25) is 5.91 Å². The SMILES string of the molecule is NCCN(CC(=O)C(=O)O)C(=O)Cn1cc2c(nc1=O)Nc1ccccc1S2. The third-order valence-corrected chi connectivity index (χ3v) is 5.04. The molecule has 2 heterocycles. The van der Waals surface area contributed by atoms with Crippen LogP contribution in [-0.4, -0.2) is 56.9 Å². The molecule has 1 aromatic heterocycles. The van der Waals surface area contributed by atoms with Crippen molar-refractivity contribution in [3.05, 3.63) is 40.9 Å². The molecule has 10 nitrogen and oxygen atoms in total. The first-order valence-corrected chi connectivity index (χ1v) is 9.10. The van der Waals surface area contributed by atoms with Crippen molar-refractivity contribution in [3.63, 3.8) is 0 Å². The average molecular weight is 403 g/mol. The Balaban J connectivity index is 1.80. The maximum atomic E-state index is 12.5. The maximum absolute atomic E-state index is 12.5. The fraction of sp³-hybridized carbons (Fsp3) is 0.235. The lowest BCUT2D eigenvalue weighted by molar-refractivity contribution is -0.150. The Morgan fingerprint density at radius 3 is 2.71 bits per heavy atom. The van der Waals surface area contributed by atoms with Gasteiger partial charge in [0.05, 0.1) is 17.1 Å². The van der Waals surface area contributed by atoms with E-state index in [-0.39, 0.29) is 19.6 Å². The van der Waals surface area contributed by atoms with Gasteiger partial charge in [-0.15, -0.1) is 0 Å². The highest BCUT2D eigenvalue weighted by Gasteiger charge is 2.23. The van der Waals surface area contributed by atoms with Crippen molar-refractivity contribution in [1.82, 2.24) is 14.5 Å². The lowest BCUT2D eigenvalue weighted by Crippen LogP contribution is -2.43. The smallest absolute Gasteiger partial charge is 0.374 e. The molecule has 1 aliphatic rings. The Kier molecular flexibility index (Phi) is 5.76. The van der Waals surface area contributed by atoms with E-state index in [1.54, 1.807) is 0 Å². The molecule has 0 unspecified atom stereocenters. The first kappa shape index (κ1) is 19.6. The van der Waals surface area contributed by atoms with Crippen LogP contribution < -0.4 is 16.7 Å². The van der Waals surface area contributed by atoms with Crippen molar-refractivity contribution < 1.29 is 19.5 Å². The molecular formula is C17H17N5O5S. The third kappa shape index (κ3) is 4.21. The molecule has 1 aromatic carbocycles. The van der Waals surface area contributed by atoms with Gasteiger partial charge in [0.1, 0.15) is 6.54 Å². The summed E-state index contributed by atoms with van der Waals surface area (Å²) >= 11 is 1.40. The van der Waals surface area contributed by atoms with Crippen LogP contribution in [0.25, 0.3) is 0 Å². The molecule has 0 bridgehead atoms. The van der Waals surface area contributed by atoms with Crippen LogP contribution >= 0.6 is 11.8 Å². The van der Waals surface area contributed by atoms with Crippen molar-refractivity contribution in [2.75, 3.05) is 25.0 Å². The number of carboxylic acid groups (broad SMARTS) is 1. The number of nitrogens with two attached hydrogens (primary N) is 1. The zero-order chi connectivity index (χ0) is 20.3. The summed E-state index contributed by atoms with van der Waals surface area (Å²) in [5, 5.41) is 11.8. The number of amides is 1. The molecule has 0 atom stereocenters. The van der Waals surface area contributed by atoms with Crippen molar-refractivity contribution >= 4 is 40.9 Å². The van der Waals surface area contributed by atoms with E-state index in [1.165, 1.54) is 18.0 Å². The van der Waals surface area contributed by atoms with Crippen LogP contribution in [0.5, 0.6) is 0 Å². The quantitative estimate of drug-likeness (QED) is 0.460. The maximum Gasteiger partial charge on any atom is 0.374 e. The van der Waals surface area contributed by atoms with E-state index in [1.807, 2.05) is 24.3 Å². The minimum atomic E-state index is -1.64. The normalized spacial score (nSPS) is 11.8. The van der Waals surface area contributed by atoms with Gasteiger partial charge in [-0.25, -0.2) is 9.59 Å². The molecule has 0 fully saturated rings. The average Bonchev–Trinajstić information content (AvgIpc) is 2.66. The second-order valence-electron chi connectivity index (χ2n) is 5.92. The fourth-order valence-corrected chi connectivity index (χ4v) is 3.58. The summed E-state index contributed by atoms with van der Waals surface area (Å²) in [5.74, 6) is -2.96. The van der Waals surface area contributed by atoms with Crippen molar-refractivity contribution in [2.45, 2.75) is 16.3 Å². The largest absolute Gasteiger partial charge is 0.475 e. The van der Waals surface area contributed by atoms with Crippen LogP contribution in [0, 0.1) is 0 Å². The highest BCUT2D eigenvalue weighted by Crippen LogP contribution is 2.42. The number of aromatic nitrogens is 2. The van der Waals surface area contributed by atoms with E-state index in [2.05, 4.69) is 10.3 Å². The van der Waals surface area contributed by atoms with Gasteiger partial charge in [-0.2, -0.15) is 4.98 Å². The second kappa shape index (κ2) is 8.23. The lowest BCUT2D eigenvalue weighted by atomic mass is 10.3. The Bertz CT molecular complexity index is 1010. The minimum Gasteiger partial charge on any atom is -0.475 e. The van der Waals surface area contributed by atoms with Gasteiger partial charge in [0.15, 0.2) is 5.82 Å². The monoisotopic (exact) mass is 403 g/mol. The zero-order valence-electron chi connectivity index (χ0n) is 14.6. The van der Waals surface area contributed by atoms with Crippen LogP contribution in [0.15, 0.2) is 45.0 Å². The number of ketones is 1. The summed E-state index contributed by atoms with van der Waals surface area (Å²) in [5.41, 5.74) is 5.63. The standard InChI is InChI=1S/C17H17N5O5S/c18-5-6-21(7-11(23)16(25)26)14(24)9-22-8-13-15(20-17(22)27)19-10-3-1-2-4-12(10)28-13/h1-4,8H,5-7,9,18H2,(H,25,26)(H,19,20,27). The molecule has 2 aromatic rings. The fourth-order valence-electron chi connectivity index (χ4n) is 2.59. The number of carboxylic acids is 1. The number of rotatable bonds is 7. The molecule has 3 rings (SSSR count). The van der Waals surface area contributed by atoms with Crippen molar-refractivity contribution in [3.8, 4) is 0 Å².